The summed E-state index contributed by atoms with van der Waals surface area (Å²) in [6.45, 7) is 3.02. The van der Waals surface area contributed by atoms with E-state index >= 15 is 0 Å². The Kier molecular flexibility index (Phi) is 7.72. The van der Waals surface area contributed by atoms with Gasteiger partial charge in [0, 0.05) is 11.1 Å². The first-order valence-electron chi connectivity index (χ1n) is 9.04. The van der Waals surface area contributed by atoms with Gasteiger partial charge in [0.05, 0.1) is 22.0 Å². The summed E-state index contributed by atoms with van der Waals surface area (Å²) in [6.07, 6.45) is -4.93. The van der Waals surface area contributed by atoms with Gasteiger partial charge in [-0.15, -0.1) is 0 Å². The lowest BCUT2D eigenvalue weighted by Gasteiger charge is -2.15. The normalized spacial score (nSPS) is 12.8. The maximum Gasteiger partial charge on any atom is 0.471 e. The summed E-state index contributed by atoms with van der Waals surface area (Å²) in [5, 5.41) is 1.99. The molecule has 0 aliphatic carbocycles. The molecule has 0 aromatic heterocycles. The Hall–Kier alpha value is -2.59. The third-order valence-electron chi connectivity index (χ3n) is 4.14. The monoisotopic (exact) mass is 477 g/mol. The van der Waals surface area contributed by atoms with Crippen molar-refractivity contribution < 1.29 is 35.9 Å². The molecule has 11 heteroatoms. The van der Waals surface area contributed by atoms with E-state index < -0.39 is 33.9 Å². The zero-order valence-corrected chi connectivity index (χ0v) is 18.1. The third kappa shape index (κ3) is 6.20. The van der Waals surface area contributed by atoms with Gasteiger partial charge >= 0.3 is 18.1 Å². The SMILES string of the molecule is CCOC(=O)c1cc(Cl)ccc1S(=O)(=O)c1ccc(C[C@@H](C)NC(=O)C(F)(F)F)cc1. The number of hydrogen-bond acceptors (Lipinski definition) is 5. The Bertz CT molecular complexity index is 1070. The molecule has 2 rings (SSSR count). The summed E-state index contributed by atoms with van der Waals surface area (Å²) < 4.78 is 68.0. The molecule has 0 unspecified atom stereocenters. The Labute approximate surface area is 182 Å². The van der Waals surface area contributed by atoms with Crippen LogP contribution < -0.4 is 5.32 Å². The largest absolute Gasteiger partial charge is 0.471 e. The number of carbonyl (C=O) groups is 2. The molecule has 168 valence electrons. The van der Waals surface area contributed by atoms with Crippen LogP contribution in [0.5, 0.6) is 0 Å². The number of esters is 1. The lowest BCUT2D eigenvalue weighted by molar-refractivity contribution is -0.174. The average Bonchev–Trinajstić information content (AvgIpc) is 2.67. The number of amides is 1. The molecule has 31 heavy (non-hydrogen) atoms. The molecule has 0 bridgehead atoms. The number of carbonyl (C=O) groups excluding carboxylic acids is 2. The molecule has 2 aromatic carbocycles. The predicted octanol–water partition coefficient (Wildman–Crippen LogP) is 3.96. The molecule has 0 saturated heterocycles. The predicted molar refractivity (Wildman–Crippen MR) is 107 cm³/mol. The Morgan fingerprint density at radius 2 is 1.74 bits per heavy atom. The van der Waals surface area contributed by atoms with Gasteiger partial charge in [-0.1, -0.05) is 23.7 Å². The molecule has 0 spiro atoms. The number of benzene rings is 2. The van der Waals surface area contributed by atoms with E-state index in [9.17, 15) is 31.2 Å². The van der Waals surface area contributed by atoms with Crippen molar-refractivity contribution >= 4 is 33.3 Å². The maximum atomic E-state index is 13.0. The van der Waals surface area contributed by atoms with E-state index in [1.165, 1.54) is 49.4 Å². The smallest absolute Gasteiger partial charge is 0.462 e. The van der Waals surface area contributed by atoms with E-state index in [0.717, 1.165) is 0 Å². The topological polar surface area (TPSA) is 89.5 Å². The van der Waals surface area contributed by atoms with Crippen LogP contribution in [0.4, 0.5) is 13.2 Å². The highest BCUT2D eigenvalue weighted by Gasteiger charge is 2.39. The molecule has 0 fully saturated rings. The lowest BCUT2D eigenvalue weighted by atomic mass is 10.1. The minimum Gasteiger partial charge on any atom is -0.462 e. The molecular formula is C20H19ClF3NO5S. The summed E-state index contributed by atoms with van der Waals surface area (Å²) in [5.41, 5.74) is 0.303. The second kappa shape index (κ2) is 9.69. The minimum atomic E-state index is -4.98. The van der Waals surface area contributed by atoms with Crippen molar-refractivity contribution in [2.45, 2.75) is 42.3 Å². The van der Waals surface area contributed by atoms with Gasteiger partial charge in [-0.3, -0.25) is 4.79 Å². The van der Waals surface area contributed by atoms with Crippen LogP contribution >= 0.6 is 11.6 Å². The van der Waals surface area contributed by atoms with Crippen molar-refractivity contribution in [3.63, 3.8) is 0 Å². The van der Waals surface area contributed by atoms with E-state index in [1.807, 2.05) is 5.32 Å². The van der Waals surface area contributed by atoms with Gasteiger partial charge in [-0.25, -0.2) is 13.2 Å². The van der Waals surface area contributed by atoms with Crippen molar-refractivity contribution in [3.05, 3.63) is 58.6 Å². The van der Waals surface area contributed by atoms with Gasteiger partial charge in [0.1, 0.15) is 0 Å². The highest BCUT2D eigenvalue weighted by Crippen LogP contribution is 2.27. The van der Waals surface area contributed by atoms with Gasteiger partial charge in [-0.2, -0.15) is 13.2 Å². The Morgan fingerprint density at radius 1 is 1.13 bits per heavy atom. The molecule has 2 aromatic rings. The number of ether oxygens (including phenoxy) is 1. The molecule has 0 aliphatic heterocycles. The van der Waals surface area contributed by atoms with Gasteiger partial charge in [-0.05, 0) is 56.2 Å². The highest BCUT2D eigenvalue weighted by atomic mass is 35.5. The second-order valence-corrected chi connectivity index (χ2v) is 8.94. The molecule has 0 heterocycles. The lowest BCUT2D eigenvalue weighted by Crippen LogP contribution is -2.42. The van der Waals surface area contributed by atoms with Crippen LogP contribution in [0.2, 0.25) is 5.02 Å². The van der Waals surface area contributed by atoms with Gasteiger partial charge in [0.25, 0.3) is 0 Å². The number of alkyl halides is 3. The standard InChI is InChI=1S/C20H19ClF3NO5S/c1-3-30-18(26)16-11-14(21)6-9-17(16)31(28,29)15-7-4-13(5-8-15)10-12(2)25-19(27)20(22,23)24/h4-9,11-12H,3,10H2,1-2H3,(H,25,27)/t12-/m1/s1. The fourth-order valence-electron chi connectivity index (χ4n) is 2.75. The molecule has 1 atom stereocenters. The first kappa shape index (κ1) is 24.7. The van der Waals surface area contributed by atoms with Crippen molar-refractivity contribution in [3.8, 4) is 0 Å². The van der Waals surface area contributed by atoms with Crippen LogP contribution in [0, 0.1) is 0 Å². The number of sulfone groups is 1. The van der Waals surface area contributed by atoms with E-state index in [-0.39, 0.29) is 33.4 Å². The second-order valence-electron chi connectivity index (χ2n) is 6.58. The van der Waals surface area contributed by atoms with Crippen molar-refractivity contribution in [1.29, 1.82) is 0 Å². The van der Waals surface area contributed by atoms with Crippen LogP contribution in [0.1, 0.15) is 29.8 Å². The maximum absolute atomic E-state index is 13.0. The molecule has 6 nitrogen and oxygen atoms in total. The van der Waals surface area contributed by atoms with E-state index in [4.69, 9.17) is 16.3 Å². The number of halogens is 4. The highest BCUT2D eigenvalue weighted by molar-refractivity contribution is 7.91. The molecule has 1 N–H and O–H groups in total. The van der Waals surface area contributed by atoms with E-state index in [1.54, 1.807) is 6.92 Å². The van der Waals surface area contributed by atoms with E-state index in [0.29, 0.717) is 5.56 Å². The molecule has 0 radical (unpaired) electrons. The number of hydrogen-bond donors (Lipinski definition) is 1. The molecule has 1 amide bonds. The first-order valence-corrected chi connectivity index (χ1v) is 10.9. The fourth-order valence-corrected chi connectivity index (χ4v) is 4.35. The summed E-state index contributed by atoms with van der Waals surface area (Å²) in [7, 11) is -4.11. The summed E-state index contributed by atoms with van der Waals surface area (Å²) in [4.78, 5) is 22.8. The molecular weight excluding hydrogens is 459 g/mol. The van der Waals surface area contributed by atoms with Crippen LogP contribution in [0.15, 0.2) is 52.3 Å². The summed E-state index contributed by atoms with van der Waals surface area (Å²) >= 11 is 5.89. The van der Waals surface area contributed by atoms with Crippen LogP contribution in [-0.2, 0) is 25.8 Å². The zero-order chi connectivity index (χ0) is 23.4. The fraction of sp³-hybridized carbons (Fsp3) is 0.300. The average molecular weight is 478 g/mol. The Morgan fingerprint density at radius 3 is 2.29 bits per heavy atom. The molecule has 0 saturated carbocycles. The summed E-state index contributed by atoms with van der Waals surface area (Å²) in [5.74, 6) is -2.89. The zero-order valence-electron chi connectivity index (χ0n) is 16.5. The van der Waals surface area contributed by atoms with Gasteiger partial charge < -0.3 is 10.1 Å². The molecule has 0 aliphatic rings. The van der Waals surface area contributed by atoms with Crippen LogP contribution in [0.25, 0.3) is 0 Å². The minimum absolute atomic E-state index is 0.0442. The van der Waals surface area contributed by atoms with Gasteiger partial charge in [0.2, 0.25) is 9.84 Å². The first-order chi connectivity index (χ1) is 14.4. The number of nitrogens with one attached hydrogen (secondary N) is 1. The Balaban J connectivity index is 2.26. The van der Waals surface area contributed by atoms with Crippen LogP contribution in [-0.4, -0.2) is 39.1 Å². The summed E-state index contributed by atoms with van der Waals surface area (Å²) in [6, 6.07) is 8.28. The number of rotatable bonds is 7. The van der Waals surface area contributed by atoms with E-state index in [2.05, 4.69) is 0 Å². The van der Waals surface area contributed by atoms with Crippen molar-refractivity contribution in [1.82, 2.24) is 5.32 Å². The third-order valence-corrected chi connectivity index (χ3v) is 6.20. The quantitative estimate of drug-likeness (QED) is 0.610. The van der Waals surface area contributed by atoms with Gasteiger partial charge in [0.15, 0.2) is 0 Å². The van der Waals surface area contributed by atoms with Crippen molar-refractivity contribution in [2.75, 3.05) is 6.61 Å². The van der Waals surface area contributed by atoms with Crippen molar-refractivity contribution in [2.24, 2.45) is 0 Å². The van der Waals surface area contributed by atoms with Crippen LogP contribution in [0.3, 0.4) is 0 Å².